The van der Waals surface area contributed by atoms with E-state index in [1.165, 1.54) is 16.9 Å². The van der Waals surface area contributed by atoms with E-state index in [0.29, 0.717) is 4.31 Å². The topological polar surface area (TPSA) is 86.7 Å². The summed E-state index contributed by atoms with van der Waals surface area (Å²) >= 11 is 0. The second-order valence-corrected chi connectivity index (χ2v) is 5.55. The number of alkyl halides is 3. The van der Waals surface area contributed by atoms with Crippen LogP contribution < -0.4 is 9.03 Å². The molecule has 0 amide bonds. The highest BCUT2D eigenvalue weighted by Gasteiger charge is 2.31. The van der Waals surface area contributed by atoms with Crippen LogP contribution in [0.5, 0.6) is 0 Å². The fourth-order valence-corrected chi connectivity index (χ4v) is 2.16. The summed E-state index contributed by atoms with van der Waals surface area (Å²) in [6.45, 7) is -1.69. The molecule has 0 heterocycles. The van der Waals surface area contributed by atoms with Gasteiger partial charge in [0.1, 0.15) is 6.54 Å². The van der Waals surface area contributed by atoms with Crippen molar-refractivity contribution < 1.29 is 31.5 Å². The van der Waals surface area contributed by atoms with Gasteiger partial charge < -0.3 is 5.11 Å². The summed E-state index contributed by atoms with van der Waals surface area (Å²) in [6.07, 6.45) is -4.67. The Bertz CT molecular complexity index is 584. The van der Waals surface area contributed by atoms with Crippen molar-refractivity contribution in [1.29, 1.82) is 0 Å². The van der Waals surface area contributed by atoms with Gasteiger partial charge >= 0.3 is 22.4 Å². The van der Waals surface area contributed by atoms with Crippen molar-refractivity contribution in [2.45, 2.75) is 6.18 Å². The molecule has 0 unspecified atom stereocenters. The van der Waals surface area contributed by atoms with Gasteiger partial charge in [0.2, 0.25) is 0 Å². The molecule has 20 heavy (non-hydrogen) atoms. The van der Waals surface area contributed by atoms with E-state index in [2.05, 4.69) is 0 Å². The number of rotatable bonds is 5. The van der Waals surface area contributed by atoms with Crippen molar-refractivity contribution in [3.8, 4) is 0 Å². The quantitative estimate of drug-likeness (QED) is 0.856. The number of hydrogen-bond acceptors (Lipinski definition) is 3. The summed E-state index contributed by atoms with van der Waals surface area (Å²) < 4.78 is 61.1. The van der Waals surface area contributed by atoms with Crippen LogP contribution in [0.3, 0.4) is 0 Å². The molecule has 2 N–H and O–H groups in total. The van der Waals surface area contributed by atoms with E-state index in [4.69, 9.17) is 5.11 Å². The Kier molecular flexibility index (Phi) is 4.61. The second-order valence-electron chi connectivity index (χ2n) is 3.76. The summed E-state index contributed by atoms with van der Waals surface area (Å²) in [5, 5.41) is 8.68. The maximum Gasteiger partial charge on any atom is 0.402 e. The lowest BCUT2D eigenvalue weighted by molar-refractivity contribution is -0.121. The molecule has 0 bridgehead atoms. The SMILES string of the molecule is CN(c1ccc(C(=O)O)cc1)S(=O)(=O)NCC(F)(F)F. The molecule has 0 aliphatic rings. The van der Waals surface area contributed by atoms with Crippen molar-refractivity contribution in [3.63, 3.8) is 0 Å². The third-order valence-electron chi connectivity index (χ3n) is 2.29. The molecule has 0 fully saturated rings. The predicted octanol–water partition coefficient (Wildman–Crippen LogP) is 1.22. The smallest absolute Gasteiger partial charge is 0.402 e. The highest BCUT2D eigenvalue weighted by Crippen LogP contribution is 2.18. The summed E-state index contributed by atoms with van der Waals surface area (Å²) in [5.41, 5.74) is -0.0347. The van der Waals surface area contributed by atoms with Gasteiger partial charge in [-0.3, -0.25) is 4.31 Å². The van der Waals surface area contributed by atoms with E-state index < -0.39 is 28.9 Å². The molecule has 0 aromatic heterocycles. The maximum atomic E-state index is 12.0. The second kappa shape index (κ2) is 5.67. The third-order valence-corrected chi connectivity index (χ3v) is 3.73. The number of nitrogens with zero attached hydrogens (tertiary/aromatic N) is 1. The highest BCUT2D eigenvalue weighted by atomic mass is 32.2. The summed E-state index contributed by atoms with van der Waals surface area (Å²) in [4.78, 5) is 10.6. The van der Waals surface area contributed by atoms with Crippen LogP contribution in [0, 0.1) is 0 Å². The lowest BCUT2D eigenvalue weighted by Gasteiger charge is -2.20. The fourth-order valence-electron chi connectivity index (χ4n) is 1.22. The summed E-state index contributed by atoms with van der Waals surface area (Å²) in [6, 6.07) is 4.65. The zero-order valence-corrected chi connectivity index (χ0v) is 11.0. The lowest BCUT2D eigenvalue weighted by Crippen LogP contribution is -2.42. The lowest BCUT2D eigenvalue weighted by atomic mass is 10.2. The van der Waals surface area contributed by atoms with Gasteiger partial charge in [-0.2, -0.15) is 26.3 Å². The Morgan fingerprint density at radius 3 is 2.20 bits per heavy atom. The zero-order valence-electron chi connectivity index (χ0n) is 10.2. The molecular formula is C10H11F3N2O4S. The first-order valence-electron chi connectivity index (χ1n) is 5.16. The summed E-state index contributed by atoms with van der Waals surface area (Å²) in [5.74, 6) is -1.20. The van der Waals surface area contributed by atoms with Crippen molar-refractivity contribution in [1.82, 2.24) is 4.72 Å². The first kappa shape index (κ1) is 16.2. The van der Waals surface area contributed by atoms with Gasteiger partial charge in [0, 0.05) is 7.05 Å². The molecule has 0 saturated heterocycles. The molecule has 10 heteroatoms. The van der Waals surface area contributed by atoms with Crippen molar-refractivity contribution >= 4 is 21.9 Å². The van der Waals surface area contributed by atoms with Gasteiger partial charge in [-0.15, -0.1) is 0 Å². The molecule has 0 spiro atoms. The number of hydrogen-bond donors (Lipinski definition) is 2. The molecule has 0 aliphatic carbocycles. The number of benzene rings is 1. The highest BCUT2D eigenvalue weighted by molar-refractivity contribution is 7.90. The Balaban J connectivity index is 2.88. The van der Waals surface area contributed by atoms with E-state index in [1.54, 1.807) is 0 Å². The Hall–Kier alpha value is -1.81. The van der Waals surface area contributed by atoms with Crippen LogP contribution in [0.2, 0.25) is 0 Å². The minimum atomic E-state index is -4.67. The predicted molar refractivity (Wildman–Crippen MR) is 64.8 cm³/mol. The minimum Gasteiger partial charge on any atom is -0.478 e. The monoisotopic (exact) mass is 312 g/mol. The Morgan fingerprint density at radius 1 is 1.30 bits per heavy atom. The number of carboxylic acids is 1. The van der Waals surface area contributed by atoms with Crippen LogP contribution in [-0.2, 0) is 10.2 Å². The van der Waals surface area contributed by atoms with Gasteiger partial charge in [-0.1, -0.05) is 0 Å². The molecule has 112 valence electrons. The number of anilines is 1. The van der Waals surface area contributed by atoms with Crippen LogP contribution in [0.25, 0.3) is 0 Å². The number of carbonyl (C=O) groups is 1. The first-order valence-corrected chi connectivity index (χ1v) is 6.60. The third kappa shape index (κ3) is 4.38. The van der Waals surface area contributed by atoms with Crippen molar-refractivity contribution in [3.05, 3.63) is 29.8 Å². The zero-order chi connectivity index (χ0) is 15.6. The van der Waals surface area contributed by atoms with Crippen molar-refractivity contribution in [2.24, 2.45) is 0 Å². The molecule has 0 radical (unpaired) electrons. The van der Waals surface area contributed by atoms with E-state index in [0.717, 1.165) is 19.2 Å². The molecule has 0 saturated carbocycles. The van der Waals surface area contributed by atoms with Crippen LogP contribution >= 0.6 is 0 Å². The van der Waals surface area contributed by atoms with Crippen LogP contribution in [0.15, 0.2) is 24.3 Å². The average Bonchev–Trinajstić information content (AvgIpc) is 2.35. The Labute approximate surface area is 113 Å². The fraction of sp³-hybridized carbons (Fsp3) is 0.300. The van der Waals surface area contributed by atoms with E-state index >= 15 is 0 Å². The van der Waals surface area contributed by atoms with Gasteiger partial charge in [-0.05, 0) is 24.3 Å². The van der Waals surface area contributed by atoms with Crippen molar-refractivity contribution in [2.75, 3.05) is 17.9 Å². The maximum absolute atomic E-state index is 12.0. The average molecular weight is 312 g/mol. The number of nitrogens with one attached hydrogen (secondary N) is 1. The molecule has 0 atom stereocenters. The van der Waals surface area contributed by atoms with E-state index in [9.17, 15) is 26.4 Å². The molecule has 0 aliphatic heterocycles. The van der Waals surface area contributed by atoms with Gasteiger partial charge in [0.25, 0.3) is 0 Å². The van der Waals surface area contributed by atoms with E-state index in [-0.39, 0.29) is 11.3 Å². The largest absolute Gasteiger partial charge is 0.478 e. The molecule has 1 rings (SSSR count). The molecule has 1 aromatic rings. The van der Waals surface area contributed by atoms with Gasteiger partial charge in [-0.25, -0.2) is 4.79 Å². The molecular weight excluding hydrogens is 301 g/mol. The van der Waals surface area contributed by atoms with E-state index in [1.807, 2.05) is 0 Å². The normalized spacial score (nSPS) is 12.2. The van der Waals surface area contributed by atoms with Gasteiger partial charge in [0.05, 0.1) is 11.3 Å². The molecule has 1 aromatic carbocycles. The van der Waals surface area contributed by atoms with Crippen LogP contribution in [0.4, 0.5) is 18.9 Å². The number of halogens is 3. The Morgan fingerprint density at radius 2 is 1.80 bits per heavy atom. The minimum absolute atomic E-state index is 0.0321. The standard InChI is InChI=1S/C10H11F3N2O4S/c1-15(20(18,19)14-6-10(11,12)13)8-4-2-7(3-5-8)9(16)17/h2-5,14H,6H2,1H3,(H,16,17). The van der Waals surface area contributed by atoms with Gasteiger partial charge in [0.15, 0.2) is 0 Å². The summed E-state index contributed by atoms with van der Waals surface area (Å²) in [7, 11) is -3.31. The molecule has 6 nitrogen and oxygen atoms in total. The number of aromatic carboxylic acids is 1. The number of carboxylic acid groups (broad SMARTS) is 1. The van der Waals surface area contributed by atoms with Crippen LogP contribution in [0.1, 0.15) is 10.4 Å². The van der Waals surface area contributed by atoms with Crippen LogP contribution in [-0.4, -0.2) is 39.3 Å². The first-order chi connectivity index (χ1) is 9.03.